The van der Waals surface area contributed by atoms with E-state index < -0.39 is 0 Å². The molecule has 0 aliphatic carbocycles. The molecule has 0 saturated heterocycles. The van der Waals surface area contributed by atoms with Gasteiger partial charge in [0.1, 0.15) is 17.2 Å². The van der Waals surface area contributed by atoms with Crippen LogP contribution in [-0.4, -0.2) is 19.3 Å². The summed E-state index contributed by atoms with van der Waals surface area (Å²) in [4.78, 5) is 0. The maximum atomic E-state index is 10.0. The summed E-state index contributed by atoms with van der Waals surface area (Å²) >= 11 is 0. The van der Waals surface area contributed by atoms with Crippen LogP contribution in [0.25, 0.3) is 0 Å². The fourth-order valence-corrected chi connectivity index (χ4v) is 1.90. The second kappa shape index (κ2) is 6.50. The highest BCUT2D eigenvalue weighted by molar-refractivity contribution is 5.51. The largest absolute Gasteiger partial charge is 0.507 e. The van der Waals surface area contributed by atoms with E-state index in [-0.39, 0.29) is 11.8 Å². The first-order valence-electron chi connectivity index (χ1n) is 6.20. The molecular weight excluding hydrogens is 230 g/mol. The minimum Gasteiger partial charge on any atom is -0.507 e. The van der Waals surface area contributed by atoms with Crippen molar-refractivity contribution in [1.82, 2.24) is 0 Å². The molecule has 0 radical (unpaired) electrons. The van der Waals surface area contributed by atoms with Gasteiger partial charge in [-0.25, -0.2) is 0 Å². The van der Waals surface area contributed by atoms with E-state index in [4.69, 9.17) is 15.2 Å². The lowest BCUT2D eigenvalue weighted by molar-refractivity contribution is 0.371. The molecule has 4 heteroatoms. The molecular formula is C14H23NO3. The SMILES string of the molecule is COc1cc(O)c([C@@H](N)CCC(C)C)c(OC)c1. The highest BCUT2D eigenvalue weighted by Gasteiger charge is 2.18. The second-order valence-corrected chi connectivity index (χ2v) is 4.84. The molecule has 0 saturated carbocycles. The lowest BCUT2D eigenvalue weighted by Crippen LogP contribution is -2.13. The summed E-state index contributed by atoms with van der Waals surface area (Å²) in [5.74, 6) is 1.84. The molecule has 0 aromatic heterocycles. The molecule has 0 amide bonds. The van der Waals surface area contributed by atoms with Gasteiger partial charge in [0, 0.05) is 18.2 Å². The van der Waals surface area contributed by atoms with Crippen LogP contribution in [0.2, 0.25) is 0 Å². The molecule has 1 atom stereocenters. The van der Waals surface area contributed by atoms with E-state index in [2.05, 4.69) is 13.8 Å². The van der Waals surface area contributed by atoms with E-state index in [1.54, 1.807) is 26.4 Å². The summed E-state index contributed by atoms with van der Waals surface area (Å²) in [7, 11) is 3.11. The van der Waals surface area contributed by atoms with Crippen LogP contribution in [0.15, 0.2) is 12.1 Å². The quantitative estimate of drug-likeness (QED) is 0.818. The zero-order valence-corrected chi connectivity index (χ0v) is 11.6. The van der Waals surface area contributed by atoms with Gasteiger partial charge in [0.25, 0.3) is 0 Å². The lowest BCUT2D eigenvalue weighted by Gasteiger charge is -2.19. The number of ether oxygens (including phenoxy) is 2. The third-order valence-corrected chi connectivity index (χ3v) is 2.98. The summed E-state index contributed by atoms with van der Waals surface area (Å²) in [5, 5.41) is 10.0. The van der Waals surface area contributed by atoms with E-state index >= 15 is 0 Å². The number of methoxy groups -OCH3 is 2. The Kier molecular flexibility index (Phi) is 5.28. The number of hydrogen-bond acceptors (Lipinski definition) is 4. The van der Waals surface area contributed by atoms with Crippen LogP contribution in [0.5, 0.6) is 17.2 Å². The Morgan fingerprint density at radius 3 is 2.33 bits per heavy atom. The summed E-state index contributed by atoms with van der Waals surface area (Å²) < 4.78 is 10.4. The molecule has 18 heavy (non-hydrogen) atoms. The van der Waals surface area contributed by atoms with E-state index in [1.165, 1.54) is 0 Å². The van der Waals surface area contributed by atoms with Gasteiger partial charge < -0.3 is 20.3 Å². The zero-order chi connectivity index (χ0) is 13.7. The molecule has 0 unspecified atom stereocenters. The topological polar surface area (TPSA) is 64.7 Å². The normalized spacial score (nSPS) is 12.6. The van der Waals surface area contributed by atoms with Crippen LogP contribution in [-0.2, 0) is 0 Å². The van der Waals surface area contributed by atoms with Gasteiger partial charge in [-0.3, -0.25) is 0 Å². The molecule has 0 aliphatic rings. The minimum atomic E-state index is -0.228. The number of rotatable bonds is 6. The maximum absolute atomic E-state index is 10.0. The van der Waals surface area contributed by atoms with Gasteiger partial charge in [-0.05, 0) is 18.8 Å². The van der Waals surface area contributed by atoms with Gasteiger partial charge >= 0.3 is 0 Å². The van der Waals surface area contributed by atoms with Crippen LogP contribution in [0.1, 0.15) is 38.3 Å². The average molecular weight is 253 g/mol. The number of phenols is 1. The fourth-order valence-electron chi connectivity index (χ4n) is 1.90. The molecule has 1 aromatic rings. The average Bonchev–Trinajstić information content (AvgIpc) is 2.34. The Morgan fingerprint density at radius 1 is 1.17 bits per heavy atom. The van der Waals surface area contributed by atoms with Gasteiger partial charge in [0.2, 0.25) is 0 Å². The van der Waals surface area contributed by atoms with Gasteiger partial charge in [-0.2, -0.15) is 0 Å². The number of hydrogen-bond donors (Lipinski definition) is 2. The smallest absolute Gasteiger partial charge is 0.131 e. The number of nitrogens with two attached hydrogens (primary N) is 1. The van der Waals surface area contributed by atoms with Gasteiger partial charge in [0.15, 0.2) is 0 Å². The highest BCUT2D eigenvalue weighted by atomic mass is 16.5. The number of benzene rings is 1. The predicted octanol–water partition coefficient (Wildman–Crippen LogP) is 2.85. The predicted molar refractivity (Wildman–Crippen MR) is 72.2 cm³/mol. The van der Waals surface area contributed by atoms with Crippen molar-refractivity contribution in [1.29, 1.82) is 0 Å². The Balaban J connectivity index is 2.99. The van der Waals surface area contributed by atoms with Crippen LogP contribution in [0.3, 0.4) is 0 Å². The zero-order valence-electron chi connectivity index (χ0n) is 11.6. The van der Waals surface area contributed by atoms with Crippen LogP contribution in [0.4, 0.5) is 0 Å². The number of aromatic hydroxyl groups is 1. The molecule has 3 N–H and O–H groups in total. The van der Waals surface area contributed by atoms with Crippen molar-refractivity contribution in [2.45, 2.75) is 32.7 Å². The van der Waals surface area contributed by atoms with Crippen molar-refractivity contribution in [2.75, 3.05) is 14.2 Å². The summed E-state index contributed by atoms with van der Waals surface area (Å²) in [6, 6.07) is 3.07. The molecule has 102 valence electrons. The summed E-state index contributed by atoms with van der Waals surface area (Å²) in [5.41, 5.74) is 6.78. The van der Waals surface area contributed by atoms with E-state index in [9.17, 15) is 5.11 Å². The second-order valence-electron chi connectivity index (χ2n) is 4.84. The monoisotopic (exact) mass is 253 g/mol. The Labute approximate surface area is 109 Å². The first-order chi connectivity index (χ1) is 8.49. The van der Waals surface area contributed by atoms with Crippen LogP contribution in [0, 0.1) is 5.92 Å². The molecule has 1 rings (SSSR count). The van der Waals surface area contributed by atoms with Gasteiger partial charge in [0.05, 0.1) is 19.8 Å². The highest BCUT2D eigenvalue weighted by Crippen LogP contribution is 2.38. The van der Waals surface area contributed by atoms with E-state index in [0.29, 0.717) is 23.0 Å². The van der Waals surface area contributed by atoms with E-state index in [0.717, 1.165) is 12.8 Å². The summed E-state index contributed by atoms with van der Waals surface area (Å²) in [6.07, 6.45) is 1.82. The first-order valence-corrected chi connectivity index (χ1v) is 6.20. The van der Waals surface area contributed by atoms with E-state index in [1.807, 2.05) is 0 Å². The molecule has 0 fully saturated rings. The first kappa shape index (κ1) is 14.6. The maximum Gasteiger partial charge on any atom is 0.131 e. The van der Waals surface area contributed by atoms with Crippen molar-refractivity contribution in [3.63, 3.8) is 0 Å². The third kappa shape index (κ3) is 3.53. The summed E-state index contributed by atoms with van der Waals surface area (Å²) in [6.45, 7) is 4.30. The lowest BCUT2D eigenvalue weighted by atomic mass is 9.97. The van der Waals surface area contributed by atoms with Crippen LogP contribution >= 0.6 is 0 Å². The van der Waals surface area contributed by atoms with Crippen molar-refractivity contribution >= 4 is 0 Å². The Bertz CT molecular complexity index is 391. The van der Waals surface area contributed by atoms with Crippen molar-refractivity contribution in [2.24, 2.45) is 11.7 Å². The molecule has 0 aliphatic heterocycles. The Hall–Kier alpha value is -1.42. The van der Waals surface area contributed by atoms with Gasteiger partial charge in [-0.1, -0.05) is 13.8 Å². The molecule has 0 heterocycles. The van der Waals surface area contributed by atoms with Crippen molar-refractivity contribution in [3.8, 4) is 17.2 Å². The molecule has 1 aromatic carbocycles. The molecule has 0 spiro atoms. The third-order valence-electron chi connectivity index (χ3n) is 2.98. The number of phenolic OH excluding ortho intramolecular Hbond substituents is 1. The fraction of sp³-hybridized carbons (Fsp3) is 0.571. The molecule has 0 bridgehead atoms. The Morgan fingerprint density at radius 2 is 1.83 bits per heavy atom. The minimum absolute atomic E-state index is 0.127. The molecule has 4 nitrogen and oxygen atoms in total. The van der Waals surface area contributed by atoms with Crippen LogP contribution < -0.4 is 15.2 Å². The van der Waals surface area contributed by atoms with Crippen molar-refractivity contribution in [3.05, 3.63) is 17.7 Å². The standard InChI is InChI=1S/C14H23NO3/c1-9(2)5-6-11(15)14-12(16)7-10(17-3)8-13(14)18-4/h7-9,11,16H,5-6,15H2,1-4H3/t11-/m0/s1. The van der Waals surface area contributed by atoms with Crippen molar-refractivity contribution < 1.29 is 14.6 Å². The van der Waals surface area contributed by atoms with Gasteiger partial charge in [-0.15, -0.1) is 0 Å².